The normalized spacial score (nSPS) is 11.2. The fraction of sp³-hybridized carbons (Fsp3) is 0.500. The van der Waals surface area contributed by atoms with E-state index in [1.807, 2.05) is 45.9 Å². The number of carbonyl (C=O) groups excluding carboxylic acids is 1. The van der Waals surface area contributed by atoms with Gasteiger partial charge in [0.25, 0.3) is 0 Å². The molecular weight excluding hydrogens is 250 g/mol. The molecule has 0 aliphatic heterocycles. The summed E-state index contributed by atoms with van der Waals surface area (Å²) in [5.41, 5.74) is 1.63. The molecule has 18 heavy (non-hydrogen) atoms. The molecule has 0 saturated carbocycles. The molecule has 0 fully saturated rings. The molecular formula is C14H20ClNO2. The second-order valence-electron chi connectivity index (χ2n) is 5.22. The molecule has 0 radical (unpaired) electrons. The minimum atomic E-state index is -0.423. The number of carbonyl (C=O) groups is 1. The third kappa shape index (κ3) is 5.41. The molecule has 4 heteroatoms. The molecule has 0 unspecified atom stereocenters. The summed E-state index contributed by atoms with van der Waals surface area (Å²) in [4.78, 5) is 11.5. The lowest BCUT2D eigenvalue weighted by Gasteiger charge is -2.19. The summed E-state index contributed by atoms with van der Waals surface area (Å²) in [6.45, 7) is 8.12. The van der Waals surface area contributed by atoms with E-state index in [4.69, 9.17) is 16.3 Å². The molecule has 0 heterocycles. The third-order valence-corrected chi connectivity index (χ3v) is 2.49. The molecule has 1 aromatic carbocycles. The van der Waals surface area contributed by atoms with Crippen LogP contribution in [0, 0.1) is 6.92 Å². The van der Waals surface area contributed by atoms with Crippen LogP contribution in [0.5, 0.6) is 0 Å². The molecule has 0 aliphatic carbocycles. The van der Waals surface area contributed by atoms with E-state index in [1.165, 1.54) is 0 Å². The van der Waals surface area contributed by atoms with Gasteiger partial charge < -0.3 is 10.1 Å². The highest BCUT2D eigenvalue weighted by atomic mass is 35.5. The topological polar surface area (TPSA) is 38.3 Å². The maximum atomic E-state index is 11.5. The van der Waals surface area contributed by atoms with Gasteiger partial charge in [-0.15, -0.1) is 0 Å². The fourth-order valence-corrected chi connectivity index (χ4v) is 1.74. The van der Waals surface area contributed by atoms with Crippen LogP contribution < -0.4 is 5.32 Å². The molecule has 0 saturated heterocycles. The van der Waals surface area contributed by atoms with E-state index in [0.717, 1.165) is 11.3 Å². The summed E-state index contributed by atoms with van der Waals surface area (Å²) in [6.07, 6.45) is 0.347. The summed E-state index contributed by atoms with van der Waals surface area (Å²) in [7, 11) is 0. The molecule has 3 nitrogen and oxygen atoms in total. The summed E-state index contributed by atoms with van der Waals surface area (Å²) in [6, 6.07) is 5.62. The van der Waals surface area contributed by atoms with Crippen LogP contribution in [0.25, 0.3) is 0 Å². The van der Waals surface area contributed by atoms with Gasteiger partial charge in [-0.2, -0.15) is 0 Å². The number of hydrogen-bond donors (Lipinski definition) is 1. The van der Waals surface area contributed by atoms with Gasteiger partial charge in [0.2, 0.25) is 0 Å². The Labute approximate surface area is 113 Å². The van der Waals surface area contributed by atoms with Gasteiger partial charge in [-0.05, 0) is 51.5 Å². The van der Waals surface area contributed by atoms with Crippen molar-refractivity contribution in [2.24, 2.45) is 0 Å². The molecule has 0 aliphatic rings. The number of ether oxygens (including phenoxy) is 1. The number of benzene rings is 1. The van der Waals surface area contributed by atoms with E-state index in [2.05, 4.69) is 5.32 Å². The Bertz CT molecular complexity index is 424. The van der Waals surface area contributed by atoms with Crippen LogP contribution in [0.4, 0.5) is 5.69 Å². The van der Waals surface area contributed by atoms with Gasteiger partial charge in [-0.1, -0.05) is 11.6 Å². The molecule has 1 rings (SSSR count). The van der Waals surface area contributed by atoms with Gasteiger partial charge in [0.1, 0.15) is 5.60 Å². The zero-order valence-electron chi connectivity index (χ0n) is 11.3. The van der Waals surface area contributed by atoms with Gasteiger partial charge >= 0.3 is 5.97 Å². The summed E-state index contributed by atoms with van der Waals surface area (Å²) < 4.78 is 5.22. The van der Waals surface area contributed by atoms with Crippen molar-refractivity contribution in [3.8, 4) is 0 Å². The van der Waals surface area contributed by atoms with Crippen LogP contribution >= 0.6 is 11.6 Å². The fourth-order valence-electron chi connectivity index (χ4n) is 1.52. The lowest BCUT2D eigenvalue weighted by atomic mass is 10.2. The first-order chi connectivity index (χ1) is 8.28. The first-order valence-corrected chi connectivity index (χ1v) is 6.37. The number of nitrogens with one attached hydrogen (secondary N) is 1. The Morgan fingerprint density at radius 3 is 2.61 bits per heavy atom. The van der Waals surface area contributed by atoms with Crippen molar-refractivity contribution >= 4 is 23.3 Å². The quantitative estimate of drug-likeness (QED) is 0.845. The maximum Gasteiger partial charge on any atom is 0.308 e. The highest BCUT2D eigenvalue weighted by molar-refractivity contribution is 6.30. The van der Waals surface area contributed by atoms with E-state index < -0.39 is 5.60 Å². The number of anilines is 1. The van der Waals surface area contributed by atoms with Gasteiger partial charge in [0.05, 0.1) is 6.42 Å². The predicted octanol–water partition coefficient (Wildman–Crippen LogP) is 3.79. The SMILES string of the molecule is Cc1cc(Cl)ccc1NCCC(=O)OC(C)(C)C. The average molecular weight is 270 g/mol. The number of aryl methyl sites for hydroxylation is 1. The summed E-state index contributed by atoms with van der Waals surface area (Å²) in [5.74, 6) is -0.193. The zero-order valence-corrected chi connectivity index (χ0v) is 12.1. The van der Waals surface area contributed by atoms with E-state index in [1.54, 1.807) is 0 Å². The minimum Gasteiger partial charge on any atom is -0.460 e. The second-order valence-corrected chi connectivity index (χ2v) is 5.66. The Balaban J connectivity index is 2.40. The molecule has 100 valence electrons. The first-order valence-electron chi connectivity index (χ1n) is 6.00. The van der Waals surface area contributed by atoms with E-state index in [0.29, 0.717) is 18.0 Å². The van der Waals surface area contributed by atoms with E-state index >= 15 is 0 Å². The smallest absolute Gasteiger partial charge is 0.308 e. The van der Waals surface area contributed by atoms with Crippen LogP contribution in [-0.4, -0.2) is 18.1 Å². The van der Waals surface area contributed by atoms with E-state index in [9.17, 15) is 4.79 Å². The Hall–Kier alpha value is -1.22. The highest BCUT2D eigenvalue weighted by Crippen LogP contribution is 2.19. The van der Waals surface area contributed by atoms with Crippen molar-refractivity contribution in [2.45, 2.75) is 39.7 Å². The van der Waals surface area contributed by atoms with Gasteiger partial charge in [0.15, 0.2) is 0 Å². The van der Waals surface area contributed by atoms with Crippen molar-refractivity contribution in [2.75, 3.05) is 11.9 Å². The first kappa shape index (κ1) is 14.8. The predicted molar refractivity (Wildman–Crippen MR) is 75.1 cm³/mol. The summed E-state index contributed by atoms with van der Waals surface area (Å²) in [5, 5.41) is 3.91. The average Bonchev–Trinajstić information content (AvgIpc) is 2.18. The van der Waals surface area contributed by atoms with Crippen LogP contribution in [0.1, 0.15) is 32.8 Å². The lowest BCUT2D eigenvalue weighted by molar-refractivity contribution is -0.154. The molecule has 1 aromatic rings. The van der Waals surface area contributed by atoms with Crippen LogP contribution in [0.2, 0.25) is 5.02 Å². The highest BCUT2D eigenvalue weighted by Gasteiger charge is 2.15. The number of halogens is 1. The molecule has 0 atom stereocenters. The zero-order chi connectivity index (χ0) is 13.8. The third-order valence-electron chi connectivity index (χ3n) is 2.25. The Morgan fingerprint density at radius 1 is 1.39 bits per heavy atom. The molecule has 0 amide bonds. The van der Waals surface area contributed by atoms with Crippen molar-refractivity contribution in [3.05, 3.63) is 28.8 Å². The standard InChI is InChI=1S/C14H20ClNO2/c1-10-9-11(15)5-6-12(10)16-8-7-13(17)18-14(2,3)4/h5-6,9,16H,7-8H2,1-4H3. The van der Waals surface area contributed by atoms with Crippen molar-refractivity contribution < 1.29 is 9.53 Å². The van der Waals surface area contributed by atoms with Gasteiger partial charge in [0, 0.05) is 17.3 Å². The number of esters is 1. The van der Waals surface area contributed by atoms with E-state index in [-0.39, 0.29) is 5.97 Å². The molecule has 0 spiro atoms. The van der Waals surface area contributed by atoms with Crippen LogP contribution in [0.3, 0.4) is 0 Å². The minimum absolute atomic E-state index is 0.193. The second kappa shape index (κ2) is 6.10. The van der Waals surface area contributed by atoms with Crippen LogP contribution in [0.15, 0.2) is 18.2 Å². The molecule has 1 N–H and O–H groups in total. The number of rotatable bonds is 4. The largest absolute Gasteiger partial charge is 0.460 e. The number of hydrogen-bond acceptors (Lipinski definition) is 3. The molecule has 0 bridgehead atoms. The van der Waals surface area contributed by atoms with Gasteiger partial charge in [-0.3, -0.25) is 4.79 Å². The van der Waals surface area contributed by atoms with Crippen molar-refractivity contribution in [1.29, 1.82) is 0 Å². The van der Waals surface area contributed by atoms with Gasteiger partial charge in [-0.25, -0.2) is 0 Å². The Morgan fingerprint density at radius 2 is 2.06 bits per heavy atom. The molecule has 0 aromatic heterocycles. The van der Waals surface area contributed by atoms with Crippen LogP contribution in [-0.2, 0) is 9.53 Å². The maximum absolute atomic E-state index is 11.5. The van der Waals surface area contributed by atoms with Crippen molar-refractivity contribution in [3.63, 3.8) is 0 Å². The monoisotopic (exact) mass is 269 g/mol. The lowest BCUT2D eigenvalue weighted by Crippen LogP contribution is -2.25. The van der Waals surface area contributed by atoms with Crippen molar-refractivity contribution in [1.82, 2.24) is 0 Å². The Kier molecular flexibility index (Phi) is 5.03. The summed E-state index contributed by atoms with van der Waals surface area (Å²) >= 11 is 5.87.